The molecule has 0 saturated heterocycles. The van der Waals surface area contributed by atoms with Gasteiger partial charge in [-0.25, -0.2) is 4.98 Å². The minimum Gasteiger partial charge on any atom is -0.325 e. The highest BCUT2D eigenvalue weighted by atomic mass is 32.1. The third-order valence-electron chi connectivity index (χ3n) is 4.52. The lowest BCUT2D eigenvalue weighted by Gasteiger charge is -2.12. The van der Waals surface area contributed by atoms with E-state index in [0.29, 0.717) is 12.3 Å². The van der Waals surface area contributed by atoms with Crippen molar-refractivity contribution in [3.05, 3.63) is 42.0 Å². The van der Waals surface area contributed by atoms with E-state index in [-0.39, 0.29) is 5.91 Å². The number of nitrogens with zero attached hydrogens (tertiary/aromatic N) is 2. The van der Waals surface area contributed by atoms with Crippen LogP contribution in [0.2, 0.25) is 0 Å². The number of aromatic nitrogens is 2. The molecule has 2 aromatic heterocycles. The molecule has 3 aromatic rings. The third kappa shape index (κ3) is 3.01. The fourth-order valence-electron chi connectivity index (χ4n) is 3.35. The van der Waals surface area contributed by atoms with Gasteiger partial charge in [0, 0.05) is 29.8 Å². The summed E-state index contributed by atoms with van der Waals surface area (Å²) in [6.07, 6.45) is 9.54. The van der Waals surface area contributed by atoms with Crippen LogP contribution in [-0.4, -0.2) is 15.3 Å². The number of fused-ring (bicyclic) bond motifs is 1. The van der Waals surface area contributed by atoms with E-state index in [1.165, 1.54) is 25.7 Å². The first-order valence-corrected chi connectivity index (χ1v) is 8.99. The fourth-order valence-corrected chi connectivity index (χ4v) is 4.05. The molecule has 1 aromatic carbocycles. The molecule has 0 radical (unpaired) electrons. The molecular formula is C18H19N3OS. The predicted octanol–water partition coefficient (Wildman–Crippen LogP) is 4.58. The van der Waals surface area contributed by atoms with Gasteiger partial charge in [0.25, 0.3) is 0 Å². The fraction of sp³-hybridized carbons (Fsp3) is 0.333. The number of para-hydroxylation sites is 1. The molecule has 118 valence electrons. The van der Waals surface area contributed by atoms with Crippen LogP contribution < -0.4 is 5.32 Å². The predicted molar refractivity (Wildman–Crippen MR) is 93.7 cm³/mol. The number of hydrogen-bond donors (Lipinski definition) is 1. The zero-order valence-electron chi connectivity index (χ0n) is 12.9. The van der Waals surface area contributed by atoms with Crippen molar-refractivity contribution in [3.8, 4) is 11.3 Å². The second-order valence-electron chi connectivity index (χ2n) is 6.17. The summed E-state index contributed by atoms with van der Waals surface area (Å²) >= 11 is 1.61. The van der Waals surface area contributed by atoms with Gasteiger partial charge in [-0.3, -0.25) is 9.20 Å². The first-order chi connectivity index (χ1) is 11.3. The summed E-state index contributed by atoms with van der Waals surface area (Å²) in [6.45, 7) is 0. The zero-order chi connectivity index (χ0) is 15.6. The number of carbonyl (C=O) groups excluding carboxylic acids is 1. The van der Waals surface area contributed by atoms with Gasteiger partial charge in [-0.05, 0) is 24.8 Å². The standard InChI is InChI=1S/C18H19N3OS/c22-17(11-13-5-1-2-6-13)19-15-8-4-3-7-14(15)16-12-21-9-10-23-18(21)20-16/h3-4,7-10,12-13H,1-2,5-6,11H2,(H,19,22). The highest BCUT2D eigenvalue weighted by Gasteiger charge is 2.19. The van der Waals surface area contributed by atoms with Crippen LogP contribution in [0, 0.1) is 5.92 Å². The molecule has 4 nitrogen and oxygen atoms in total. The van der Waals surface area contributed by atoms with Gasteiger partial charge in [0.2, 0.25) is 5.91 Å². The number of amides is 1. The molecule has 0 unspecified atom stereocenters. The maximum Gasteiger partial charge on any atom is 0.224 e. The number of benzene rings is 1. The average molecular weight is 325 g/mol. The van der Waals surface area contributed by atoms with E-state index in [2.05, 4.69) is 10.3 Å². The Balaban J connectivity index is 1.56. The molecule has 23 heavy (non-hydrogen) atoms. The van der Waals surface area contributed by atoms with E-state index >= 15 is 0 Å². The lowest BCUT2D eigenvalue weighted by molar-refractivity contribution is -0.117. The van der Waals surface area contributed by atoms with Crippen LogP contribution in [0.5, 0.6) is 0 Å². The van der Waals surface area contributed by atoms with Gasteiger partial charge in [0.05, 0.1) is 11.4 Å². The van der Waals surface area contributed by atoms with Crippen LogP contribution in [-0.2, 0) is 4.79 Å². The molecular weight excluding hydrogens is 306 g/mol. The topological polar surface area (TPSA) is 46.4 Å². The van der Waals surface area contributed by atoms with Crippen LogP contribution in [0.3, 0.4) is 0 Å². The van der Waals surface area contributed by atoms with E-state index in [1.807, 2.05) is 46.4 Å². The van der Waals surface area contributed by atoms with E-state index in [4.69, 9.17) is 0 Å². The highest BCUT2D eigenvalue weighted by molar-refractivity contribution is 7.15. The Morgan fingerprint density at radius 3 is 2.96 bits per heavy atom. The molecule has 0 bridgehead atoms. The molecule has 5 heteroatoms. The number of rotatable bonds is 4. The number of imidazole rings is 1. The maximum atomic E-state index is 12.3. The van der Waals surface area contributed by atoms with Gasteiger partial charge in [0.1, 0.15) is 0 Å². The molecule has 0 aliphatic heterocycles. The summed E-state index contributed by atoms with van der Waals surface area (Å²) in [4.78, 5) is 17.9. The number of nitrogens with one attached hydrogen (secondary N) is 1. The molecule has 1 amide bonds. The molecule has 0 spiro atoms. The largest absolute Gasteiger partial charge is 0.325 e. The van der Waals surface area contributed by atoms with Gasteiger partial charge in [-0.15, -0.1) is 11.3 Å². The van der Waals surface area contributed by atoms with Crippen molar-refractivity contribution >= 4 is 27.9 Å². The lowest BCUT2D eigenvalue weighted by atomic mass is 10.0. The smallest absolute Gasteiger partial charge is 0.224 e. The second-order valence-corrected chi connectivity index (χ2v) is 7.04. The Kier molecular flexibility index (Phi) is 3.87. The highest BCUT2D eigenvalue weighted by Crippen LogP contribution is 2.30. The first kappa shape index (κ1) is 14.5. The second kappa shape index (κ2) is 6.16. The van der Waals surface area contributed by atoms with Crippen molar-refractivity contribution in [2.24, 2.45) is 5.92 Å². The molecule has 1 fully saturated rings. The van der Waals surface area contributed by atoms with Gasteiger partial charge >= 0.3 is 0 Å². The van der Waals surface area contributed by atoms with E-state index < -0.39 is 0 Å². The summed E-state index contributed by atoms with van der Waals surface area (Å²) in [5, 5.41) is 5.10. The minimum absolute atomic E-state index is 0.116. The van der Waals surface area contributed by atoms with Crippen LogP contribution in [0.4, 0.5) is 5.69 Å². The maximum absolute atomic E-state index is 12.3. The van der Waals surface area contributed by atoms with E-state index in [0.717, 1.165) is 21.9 Å². The minimum atomic E-state index is 0.116. The van der Waals surface area contributed by atoms with Crippen LogP contribution in [0.1, 0.15) is 32.1 Å². The summed E-state index contributed by atoms with van der Waals surface area (Å²) in [5.41, 5.74) is 2.72. The zero-order valence-corrected chi connectivity index (χ0v) is 13.7. The summed E-state index contributed by atoms with van der Waals surface area (Å²) in [7, 11) is 0. The van der Waals surface area contributed by atoms with Crippen LogP contribution in [0.15, 0.2) is 42.0 Å². The van der Waals surface area contributed by atoms with Gasteiger partial charge in [0.15, 0.2) is 4.96 Å². The van der Waals surface area contributed by atoms with Crippen molar-refractivity contribution in [1.82, 2.24) is 9.38 Å². The first-order valence-electron chi connectivity index (χ1n) is 8.11. The molecule has 0 atom stereocenters. The quantitative estimate of drug-likeness (QED) is 0.763. The SMILES string of the molecule is O=C(CC1CCCC1)Nc1ccccc1-c1cn2ccsc2n1. The van der Waals surface area contributed by atoms with Crippen LogP contribution >= 0.6 is 11.3 Å². The third-order valence-corrected chi connectivity index (χ3v) is 5.29. The van der Waals surface area contributed by atoms with Crippen molar-refractivity contribution in [1.29, 1.82) is 0 Å². The Morgan fingerprint density at radius 2 is 2.13 bits per heavy atom. The van der Waals surface area contributed by atoms with Gasteiger partial charge in [-0.1, -0.05) is 31.0 Å². The lowest BCUT2D eigenvalue weighted by Crippen LogP contribution is -2.15. The Bertz CT molecular complexity index is 801. The number of thiazole rings is 1. The van der Waals surface area contributed by atoms with Gasteiger partial charge in [-0.2, -0.15) is 0 Å². The van der Waals surface area contributed by atoms with Crippen molar-refractivity contribution < 1.29 is 4.79 Å². The summed E-state index contributed by atoms with van der Waals surface area (Å²) < 4.78 is 2.01. The van der Waals surface area contributed by atoms with Gasteiger partial charge < -0.3 is 5.32 Å². The van der Waals surface area contributed by atoms with Crippen molar-refractivity contribution in [3.63, 3.8) is 0 Å². The molecule has 1 aliphatic carbocycles. The van der Waals surface area contributed by atoms with E-state index in [1.54, 1.807) is 11.3 Å². The molecule has 2 heterocycles. The monoisotopic (exact) mass is 325 g/mol. The molecule has 4 rings (SSSR count). The van der Waals surface area contributed by atoms with Crippen molar-refractivity contribution in [2.45, 2.75) is 32.1 Å². The number of carbonyl (C=O) groups is 1. The number of anilines is 1. The normalized spacial score (nSPS) is 15.3. The Labute approximate surface area is 139 Å². The summed E-state index contributed by atoms with van der Waals surface area (Å²) in [5.74, 6) is 0.672. The molecule has 1 N–H and O–H groups in total. The van der Waals surface area contributed by atoms with E-state index in [9.17, 15) is 4.79 Å². The van der Waals surface area contributed by atoms with Crippen molar-refractivity contribution in [2.75, 3.05) is 5.32 Å². The van der Waals surface area contributed by atoms with Crippen LogP contribution in [0.25, 0.3) is 16.2 Å². The molecule has 1 aliphatic rings. The average Bonchev–Trinajstić information content (AvgIpc) is 3.24. The Morgan fingerprint density at radius 1 is 1.30 bits per heavy atom. The molecule has 1 saturated carbocycles. The summed E-state index contributed by atoms with van der Waals surface area (Å²) in [6, 6.07) is 7.90. The Hall–Kier alpha value is -2.14. The number of hydrogen-bond acceptors (Lipinski definition) is 3.